The molecule has 1 aliphatic rings. The Labute approximate surface area is 159 Å². The van der Waals surface area contributed by atoms with Crippen molar-refractivity contribution in [3.8, 4) is 11.4 Å². The quantitative estimate of drug-likeness (QED) is 0.600. The van der Waals surface area contributed by atoms with Crippen molar-refractivity contribution in [1.29, 1.82) is 0 Å². The molecule has 27 heavy (non-hydrogen) atoms. The maximum Gasteiger partial charge on any atom is 0.270 e. The summed E-state index contributed by atoms with van der Waals surface area (Å²) < 4.78 is 5.87. The lowest BCUT2D eigenvalue weighted by atomic mass is 9.96. The van der Waals surface area contributed by atoms with Gasteiger partial charge in [-0.3, -0.25) is 10.1 Å². The molecule has 7 nitrogen and oxygen atoms in total. The summed E-state index contributed by atoms with van der Waals surface area (Å²) in [5.74, 6) is 1.85. The molecule has 0 bridgehead atoms. The minimum atomic E-state index is -0.407. The number of nitro benzene ring substituents is 1. The zero-order valence-electron chi connectivity index (χ0n) is 16.0. The van der Waals surface area contributed by atoms with Crippen molar-refractivity contribution in [3.63, 3.8) is 0 Å². The molecule has 7 heteroatoms. The first-order valence-electron chi connectivity index (χ1n) is 9.39. The predicted octanol–water partition coefficient (Wildman–Crippen LogP) is 4.37. The van der Waals surface area contributed by atoms with Crippen molar-refractivity contribution >= 4 is 11.5 Å². The number of ether oxygens (including phenoxy) is 1. The van der Waals surface area contributed by atoms with E-state index in [1.807, 2.05) is 13.0 Å². The molecule has 0 saturated carbocycles. The van der Waals surface area contributed by atoms with Gasteiger partial charge in [-0.25, -0.2) is 9.97 Å². The van der Waals surface area contributed by atoms with E-state index >= 15 is 0 Å². The molecule has 1 aromatic heterocycles. The van der Waals surface area contributed by atoms with Crippen LogP contribution in [-0.2, 0) is 4.74 Å². The molecule has 1 N–H and O–H groups in total. The van der Waals surface area contributed by atoms with Crippen molar-refractivity contribution in [2.45, 2.75) is 52.2 Å². The number of anilines is 1. The van der Waals surface area contributed by atoms with Gasteiger partial charge in [-0.15, -0.1) is 0 Å². The Hall–Kier alpha value is -2.54. The molecular formula is C20H26N4O3. The number of rotatable bonds is 6. The zero-order valence-corrected chi connectivity index (χ0v) is 16.0. The molecule has 0 spiro atoms. The molecular weight excluding hydrogens is 344 g/mol. The van der Waals surface area contributed by atoms with Crippen molar-refractivity contribution in [2.75, 3.05) is 11.9 Å². The van der Waals surface area contributed by atoms with Gasteiger partial charge in [-0.05, 0) is 32.1 Å². The van der Waals surface area contributed by atoms with Crippen LogP contribution in [0, 0.1) is 23.0 Å². The largest absolute Gasteiger partial charge is 0.378 e. The second-order valence-electron chi connectivity index (χ2n) is 7.51. The van der Waals surface area contributed by atoms with E-state index < -0.39 is 4.92 Å². The third-order valence-electron chi connectivity index (χ3n) is 4.62. The van der Waals surface area contributed by atoms with Crippen LogP contribution >= 0.6 is 0 Å². The highest BCUT2D eigenvalue weighted by atomic mass is 16.6. The fourth-order valence-corrected chi connectivity index (χ4v) is 3.44. The molecule has 1 aliphatic heterocycles. The Morgan fingerprint density at radius 2 is 2.15 bits per heavy atom. The molecule has 1 fully saturated rings. The monoisotopic (exact) mass is 370 g/mol. The topological polar surface area (TPSA) is 90.2 Å². The van der Waals surface area contributed by atoms with Crippen LogP contribution < -0.4 is 5.32 Å². The Kier molecular flexibility index (Phi) is 6.01. The van der Waals surface area contributed by atoms with Crippen molar-refractivity contribution in [1.82, 2.24) is 9.97 Å². The van der Waals surface area contributed by atoms with E-state index in [2.05, 4.69) is 29.1 Å². The highest BCUT2D eigenvalue weighted by Gasteiger charge is 2.23. The molecule has 0 unspecified atom stereocenters. The molecule has 3 rings (SSSR count). The van der Waals surface area contributed by atoms with Crippen molar-refractivity contribution in [3.05, 3.63) is 46.1 Å². The minimum absolute atomic E-state index is 0.0353. The molecule has 144 valence electrons. The average molecular weight is 370 g/mol. The van der Waals surface area contributed by atoms with Gasteiger partial charge in [0.1, 0.15) is 5.82 Å². The highest BCUT2D eigenvalue weighted by molar-refractivity contribution is 5.61. The number of hydrogen-bond acceptors (Lipinski definition) is 6. The van der Waals surface area contributed by atoms with Crippen LogP contribution in [0.1, 0.15) is 38.8 Å². The Bertz CT molecular complexity index is 810. The second-order valence-corrected chi connectivity index (χ2v) is 7.51. The van der Waals surface area contributed by atoms with Gasteiger partial charge in [0.15, 0.2) is 5.82 Å². The van der Waals surface area contributed by atoms with E-state index in [1.165, 1.54) is 12.1 Å². The van der Waals surface area contributed by atoms with E-state index in [0.717, 1.165) is 37.4 Å². The van der Waals surface area contributed by atoms with Crippen LogP contribution in [0.2, 0.25) is 0 Å². The Morgan fingerprint density at radius 1 is 1.33 bits per heavy atom. The highest BCUT2D eigenvalue weighted by Crippen LogP contribution is 2.25. The fraction of sp³-hybridized carbons (Fsp3) is 0.500. The lowest BCUT2D eigenvalue weighted by molar-refractivity contribution is -0.384. The van der Waals surface area contributed by atoms with Crippen molar-refractivity contribution in [2.24, 2.45) is 5.92 Å². The van der Waals surface area contributed by atoms with Crippen LogP contribution in [0.5, 0.6) is 0 Å². The number of hydrogen-bond donors (Lipinski definition) is 1. The van der Waals surface area contributed by atoms with Crippen LogP contribution in [-0.4, -0.2) is 33.6 Å². The number of nitro groups is 1. The molecule has 0 amide bonds. The van der Waals surface area contributed by atoms with Crippen LogP contribution in [0.25, 0.3) is 11.4 Å². The number of nitrogens with one attached hydrogen (secondary N) is 1. The number of aromatic nitrogens is 2. The van der Waals surface area contributed by atoms with Crippen LogP contribution in [0.4, 0.5) is 11.5 Å². The summed E-state index contributed by atoms with van der Waals surface area (Å²) in [6.45, 7) is 7.06. The Balaban J connectivity index is 1.77. The predicted molar refractivity (Wildman–Crippen MR) is 105 cm³/mol. The number of non-ortho nitro benzene ring substituents is 1. The summed E-state index contributed by atoms with van der Waals surface area (Å²) in [6.07, 6.45) is 3.22. The van der Waals surface area contributed by atoms with Gasteiger partial charge in [-0.2, -0.15) is 0 Å². The molecule has 0 radical (unpaired) electrons. The van der Waals surface area contributed by atoms with Crippen LogP contribution in [0.15, 0.2) is 30.3 Å². The smallest absolute Gasteiger partial charge is 0.270 e. The molecule has 2 atom stereocenters. The summed E-state index contributed by atoms with van der Waals surface area (Å²) in [6, 6.07) is 8.63. The van der Waals surface area contributed by atoms with E-state index in [4.69, 9.17) is 4.74 Å². The first-order valence-corrected chi connectivity index (χ1v) is 9.39. The van der Waals surface area contributed by atoms with Gasteiger partial charge < -0.3 is 10.1 Å². The minimum Gasteiger partial charge on any atom is -0.378 e. The van der Waals surface area contributed by atoms with Crippen LogP contribution in [0.3, 0.4) is 0 Å². The fourth-order valence-electron chi connectivity index (χ4n) is 3.44. The first kappa shape index (κ1) is 19.2. The molecule has 2 aromatic rings. The van der Waals surface area contributed by atoms with Gasteiger partial charge >= 0.3 is 0 Å². The zero-order chi connectivity index (χ0) is 19.4. The van der Waals surface area contributed by atoms with Gasteiger partial charge in [0.25, 0.3) is 5.69 Å². The van der Waals surface area contributed by atoms with E-state index in [0.29, 0.717) is 23.3 Å². The van der Waals surface area contributed by atoms with E-state index in [9.17, 15) is 10.1 Å². The lowest BCUT2D eigenvalue weighted by Gasteiger charge is -2.31. The molecule has 1 saturated heterocycles. The van der Waals surface area contributed by atoms with Gasteiger partial charge in [0.05, 0.1) is 11.0 Å². The number of nitrogens with zero attached hydrogens (tertiary/aromatic N) is 3. The molecule has 0 aliphatic carbocycles. The SMILES string of the molecule is Cc1cc(N[C@H]2CCO[C@H](CC(C)C)C2)nc(-c2cccc([N+](=O)[O-])c2)n1. The first-order chi connectivity index (χ1) is 12.9. The van der Waals surface area contributed by atoms with E-state index in [1.54, 1.807) is 12.1 Å². The van der Waals surface area contributed by atoms with Crippen molar-refractivity contribution < 1.29 is 9.66 Å². The standard InChI is InChI=1S/C20H26N4O3/c1-13(2)9-18-12-16(7-8-27-18)22-19-10-14(3)21-20(23-19)15-5-4-6-17(11-15)24(25)26/h4-6,10-11,13,16,18H,7-9,12H2,1-3H3,(H,21,22,23)/t16-,18+/m0/s1. The summed E-state index contributed by atoms with van der Waals surface area (Å²) in [4.78, 5) is 19.7. The summed E-state index contributed by atoms with van der Waals surface area (Å²) >= 11 is 0. The third kappa shape index (κ3) is 5.23. The van der Waals surface area contributed by atoms with Gasteiger partial charge in [0, 0.05) is 42.1 Å². The average Bonchev–Trinajstić information content (AvgIpc) is 2.61. The van der Waals surface area contributed by atoms with E-state index in [-0.39, 0.29) is 11.8 Å². The normalized spacial score (nSPS) is 19.9. The maximum atomic E-state index is 11.0. The van der Waals surface area contributed by atoms with Gasteiger partial charge in [0.2, 0.25) is 0 Å². The summed E-state index contributed by atoms with van der Waals surface area (Å²) in [7, 11) is 0. The second kappa shape index (κ2) is 8.43. The number of benzene rings is 1. The molecule has 1 aromatic carbocycles. The summed E-state index contributed by atoms with van der Waals surface area (Å²) in [5, 5.41) is 14.5. The lowest BCUT2D eigenvalue weighted by Crippen LogP contribution is -2.35. The summed E-state index contributed by atoms with van der Waals surface area (Å²) in [5.41, 5.74) is 1.49. The number of aryl methyl sites for hydroxylation is 1. The Morgan fingerprint density at radius 3 is 2.89 bits per heavy atom. The molecule has 2 heterocycles. The third-order valence-corrected chi connectivity index (χ3v) is 4.62. The maximum absolute atomic E-state index is 11.0. The van der Waals surface area contributed by atoms with Gasteiger partial charge in [-0.1, -0.05) is 26.0 Å².